The number of rotatable bonds is 0. The van der Waals surface area contributed by atoms with Crippen molar-refractivity contribution in [3.63, 3.8) is 0 Å². The van der Waals surface area contributed by atoms with Crippen LogP contribution in [0, 0.1) is 23.7 Å². The van der Waals surface area contributed by atoms with E-state index in [1.54, 1.807) is 0 Å². The Morgan fingerprint density at radius 2 is 1.22 bits per heavy atom. The van der Waals surface area contributed by atoms with Crippen molar-refractivity contribution in [3.05, 3.63) is 0 Å². The fourth-order valence-electron chi connectivity index (χ4n) is 2.31. The molecule has 0 heterocycles. The number of hydrogen-bond donors (Lipinski definition) is 0. The monoisotopic (exact) mass is 252 g/mol. The molecular formula is C14H20O4. The summed E-state index contributed by atoms with van der Waals surface area (Å²) in [6, 6.07) is 0. The molecule has 2 saturated carbocycles. The summed E-state index contributed by atoms with van der Waals surface area (Å²) < 4.78 is 0. The third kappa shape index (κ3) is 2.92. The number of Topliss-reactive ketones (excluding diaryl/α,β-unsaturated/α-hetero) is 4. The Morgan fingerprint density at radius 1 is 0.778 bits per heavy atom. The maximum Gasteiger partial charge on any atom is 0.201 e. The lowest BCUT2D eigenvalue weighted by atomic mass is 10.0. The topological polar surface area (TPSA) is 68.3 Å². The van der Waals surface area contributed by atoms with E-state index in [0.29, 0.717) is 6.42 Å². The van der Waals surface area contributed by atoms with Gasteiger partial charge in [0.05, 0.1) is 0 Å². The Bertz CT molecular complexity index is 376. The molecule has 0 aromatic heterocycles. The van der Waals surface area contributed by atoms with E-state index in [-0.39, 0.29) is 46.8 Å². The van der Waals surface area contributed by atoms with E-state index in [1.807, 2.05) is 27.7 Å². The van der Waals surface area contributed by atoms with Gasteiger partial charge in [-0.3, -0.25) is 19.2 Å². The molecule has 0 amide bonds. The minimum atomic E-state index is -0.185. The van der Waals surface area contributed by atoms with Gasteiger partial charge in [0.1, 0.15) is 0 Å². The third-order valence-corrected chi connectivity index (χ3v) is 3.89. The highest BCUT2D eigenvalue weighted by Crippen LogP contribution is 2.24. The first-order chi connectivity index (χ1) is 8.25. The molecule has 0 spiro atoms. The normalized spacial score (nSPS) is 35.8. The molecule has 0 bridgehead atoms. The van der Waals surface area contributed by atoms with Crippen LogP contribution in [0.5, 0.6) is 0 Å². The molecule has 2 fully saturated rings. The second-order valence-corrected chi connectivity index (χ2v) is 5.52. The molecule has 2 aliphatic carbocycles. The molecule has 100 valence electrons. The van der Waals surface area contributed by atoms with Gasteiger partial charge in [0, 0.05) is 24.2 Å². The Morgan fingerprint density at radius 3 is 1.33 bits per heavy atom. The molecule has 2 aliphatic rings. The predicted octanol–water partition coefficient (Wildman–Crippen LogP) is 1.60. The van der Waals surface area contributed by atoms with Gasteiger partial charge in [-0.1, -0.05) is 27.7 Å². The molecule has 18 heavy (non-hydrogen) atoms. The van der Waals surface area contributed by atoms with Crippen LogP contribution < -0.4 is 0 Å². The van der Waals surface area contributed by atoms with Gasteiger partial charge in [-0.25, -0.2) is 0 Å². The first kappa shape index (κ1) is 14.7. The van der Waals surface area contributed by atoms with Gasteiger partial charge in [0.15, 0.2) is 5.78 Å². The zero-order valence-corrected chi connectivity index (χ0v) is 11.4. The van der Waals surface area contributed by atoms with Crippen LogP contribution in [0.4, 0.5) is 0 Å². The van der Waals surface area contributed by atoms with Crippen LogP contribution in [0.3, 0.4) is 0 Å². The summed E-state index contributed by atoms with van der Waals surface area (Å²) in [7, 11) is 0. The molecule has 4 atom stereocenters. The van der Waals surface area contributed by atoms with Gasteiger partial charge in [-0.05, 0) is 12.3 Å². The van der Waals surface area contributed by atoms with Crippen molar-refractivity contribution in [2.24, 2.45) is 23.7 Å². The van der Waals surface area contributed by atoms with Crippen molar-refractivity contribution in [1.29, 1.82) is 0 Å². The van der Waals surface area contributed by atoms with E-state index in [2.05, 4.69) is 0 Å². The van der Waals surface area contributed by atoms with E-state index in [9.17, 15) is 19.2 Å². The second-order valence-electron chi connectivity index (χ2n) is 5.52. The lowest BCUT2D eigenvalue weighted by Crippen LogP contribution is -2.12. The van der Waals surface area contributed by atoms with Crippen LogP contribution in [-0.4, -0.2) is 23.1 Å². The Balaban J connectivity index is 0.000000180. The van der Waals surface area contributed by atoms with Crippen molar-refractivity contribution in [1.82, 2.24) is 0 Å². The lowest BCUT2D eigenvalue weighted by Gasteiger charge is -2.02. The van der Waals surface area contributed by atoms with Crippen molar-refractivity contribution in [2.75, 3.05) is 0 Å². The zero-order valence-electron chi connectivity index (χ0n) is 11.4. The average molecular weight is 252 g/mol. The Hall–Kier alpha value is -1.32. The van der Waals surface area contributed by atoms with Crippen molar-refractivity contribution >= 4 is 23.1 Å². The fraction of sp³-hybridized carbons (Fsp3) is 0.714. The molecule has 0 saturated heterocycles. The molecular weight excluding hydrogens is 232 g/mol. The summed E-state index contributed by atoms with van der Waals surface area (Å²) in [5.74, 6) is -0.523. The van der Waals surface area contributed by atoms with Crippen molar-refractivity contribution in [2.45, 2.75) is 40.5 Å². The molecule has 0 aromatic rings. The average Bonchev–Trinajstić information content (AvgIpc) is 2.66. The molecule has 4 heteroatoms. The lowest BCUT2D eigenvalue weighted by molar-refractivity contribution is -0.136. The van der Waals surface area contributed by atoms with Gasteiger partial charge in [-0.2, -0.15) is 0 Å². The van der Waals surface area contributed by atoms with Gasteiger partial charge in [-0.15, -0.1) is 0 Å². The largest absolute Gasteiger partial charge is 0.291 e. The summed E-state index contributed by atoms with van der Waals surface area (Å²) in [4.78, 5) is 42.9. The molecule has 0 aliphatic heterocycles. The standard InChI is InChI=1S/2C7H10O2/c1-4-3-6(8)7(9)5(4)2;1-4-3-5(2)7(9)6(4)8/h2*4-5H,3H2,1-2H3. The first-order valence-corrected chi connectivity index (χ1v) is 6.40. The summed E-state index contributed by atoms with van der Waals surface area (Å²) in [6.45, 7) is 7.37. The minimum Gasteiger partial charge on any atom is -0.291 e. The van der Waals surface area contributed by atoms with E-state index < -0.39 is 0 Å². The van der Waals surface area contributed by atoms with Gasteiger partial charge < -0.3 is 0 Å². The van der Waals surface area contributed by atoms with Gasteiger partial charge in [0.2, 0.25) is 17.3 Å². The maximum absolute atomic E-state index is 10.8. The minimum absolute atomic E-state index is 0.0208. The predicted molar refractivity (Wildman–Crippen MR) is 65.9 cm³/mol. The number of carbonyl (C=O) groups excluding carboxylic acids is 4. The molecule has 0 radical (unpaired) electrons. The molecule has 4 unspecified atom stereocenters. The smallest absolute Gasteiger partial charge is 0.201 e. The van der Waals surface area contributed by atoms with Crippen molar-refractivity contribution < 1.29 is 19.2 Å². The molecule has 0 N–H and O–H groups in total. The highest BCUT2D eigenvalue weighted by molar-refractivity contribution is 6.40. The molecule has 4 nitrogen and oxygen atoms in total. The van der Waals surface area contributed by atoms with Crippen LogP contribution in [0.15, 0.2) is 0 Å². The summed E-state index contributed by atoms with van der Waals surface area (Å²) in [5.41, 5.74) is 0. The zero-order chi connectivity index (χ0) is 14.0. The van der Waals surface area contributed by atoms with Gasteiger partial charge in [0.25, 0.3) is 0 Å². The van der Waals surface area contributed by atoms with Crippen LogP contribution >= 0.6 is 0 Å². The fourth-order valence-corrected chi connectivity index (χ4v) is 2.31. The Labute approximate surface area is 107 Å². The van der Waals surface area contributed by atoms with Crippen LogP contribution in [0.25, 0.3) is 0 Å². The second kappa shape index (κ2) is 5.55. The van der Waals surface area contributed by atoms with Gasteiger partial charge >= 0.3 is 0 Å². The summed E-state index contributed by atoms with van der Waals surface area (Å²) in [5, 5.41) is 0. The highest BCUT2D eigenvalue weighted by Gasteiger charge is 2.35. The number of hydrogen-bond acceptors (Lipinski definition) is 4. The van der Waals surface area contributed by atoms with Crippen LogP contribution in [-0.2, 0) is 19.2 Å². The summed E-state index contributed by atoms with van der Waals surface area (Å²) >= 11 is 0. The molecule has 0 aromatic carbocycles. The van der Waals surface area contributed by atoms with E-state index in [4.69, 9.17) is 0 Å². The third-order valence-electron chi connectivity index (χ3n) is 3.89. The SMILES string of the molecule is CC1CC(=O)C(=O)C1C.CC1CC(C)C(=O)C1=O. The van der Waals surface area contributed by atoms with E-state index in [1.165, 1.54) is 0 Å². The van der Waals surface area contributed by atoms with Crippen LogP contribution in [0.1, 0.15) is 40.5 Å². The molecule has 2 rings (SSSR count). The summed E-state index contributed by atoms with van der Waals surface area (Å²) in [6.07, 6.45) is 1.21. The quantitative estimate of drug-likeness (QED) is 0.614. The van der Waals surface area contributed by atoms with E-state index in [0.717, 1.165) is 6.42 Å². The highest BCUT2D eigenvalue weighted by atomic mass is 16.2. The first-order valence-electron chi connectivity index (χ1n) is 6.40. The number of ketones is 4. The van der Waals surface area contributed by atoms with E-state index >= 15 is 0 Å². The van der Waals surface area contributed by atoms with Crippen molar-refractivity contribution in [3.8, 4) is 0 Å². The number of carbonyl (C=O) groups is 4. The maximum atomic E-state index is 10.8. The Kier molecular flexibility index (Phi) is 4.54. The van der Waals surface area contributed by atoms with Crippen LogP contribution in [0.2, 0.25) is 0 Å².